The molecule has 1 heterocycles. The summed E-state index contributed by atoms with van der Waals surface area (Å²) in [4.78, 5) is 27.9. The van der Waals surface area contributed by atoms with Crippen molar-refractivity contribution >= 4 is 23.2 Å². The van der Waals surface area contributed by atoms with Crippen LogP contribution in [-0.4, -0.2) is 43.4 Å². The zero-order valence-corrected chi connectivity index (χ0v) is 13.5. The summed E-state index contributed by atoms with van der Waals surface area (Å²) in [6, 6.07) is 7.51. The monoisotopic (exact) mass is 303 g/mol. The minimum absolute atomic E-state index is 0.0438. The number of para-hydroxylation sites is 2. The SMILES string of the molecule is CCCCN(C)CC(=O)Nc1ccccc1N1CCCC1=O. The lowest BCUT2D eigenvalue weighted by Crippen LogP contribution is -2.32. The van der Waals surface area contributed by atoms with Crippen LogP contribution >= 0.6 is 0 Å². The molecule has 0 radical (unpaired) electrons. The van der Waals surface area contributed by atoms with E-state index in [1.54, 1.807) is 4.90 Å². The largest absolute Gasteiger partial charge is 0.323 e. The summed E-state index contributed by atoms with van der Waals surface area (Å²) < 4.78 is 0. The fourth-order valence-corrected chi connectivity index (χ4v) is 2.66. The summed E-state index contributed by atoms with van der Waals surface area (Å²) in [7, 11) is 1.95. The van der Waals surface area contributed by atoms with Crippen molar-refractivity contribution in [2.75, 3.05) is 36.9 Å². The van der Waals surface area contributed by atoms with Crippen LogP contribution in [0.5, 0.6) is 0 Å². The van der Waals surface area contributed by atoms with E-state index in [-0.39, 0.29) is 11.8 Å². The van der Waals surface area contributed by atoms with E-state index in [1.807, 2.05) is 36.2 Å². The van der Waals surface area contributed by atoms with E-state index in [2.05, 4.69) is 12.2 Å². The first kappa shape index (κ1) is 16.5. The van der Waals surface area contributed by atoms with Gasteiger partial charge in [-0.1, -0.05) is 25.5 Å². The van der Waals surface area contributed by atoms with Gasteiger partial charge in [0, 0.05) is 13.0 Å². The molecule has 2 amide bonds. The average molecular weight is 303 g/mol. The molecule has 1 aliphatic heterocycles. The molecule has 1 N–H and O–H groups in total. The number of unbranched alkanes of at least 4 members (excludes halogenated alkanes) is 1. The van der Waals surface area contributed by atoms with E-state index in [4.69, 9.17) is 0 Å². The number of amides is 2. The van der Waals surface area contributed by atoms with E-state index in [0.717, 1.165) is 38.0 Å². The van der Waals surface area contributed by atoms with Gasteiger partial charge in [-0.3, -0.25) is 14.5 Å². The van der Waals surface area contributed by atoms with Crippen molar-refractivity contribution in [2.24, 2.45) is 0 Å². The summed E-state index contributed by atoms with van der Waals surface area (Å²) >= 11 is 0. The van der Waals surface area contributed by atoms with Crippen molar-refractivity contribution in [3.8, 4) is 0 Å². The van der Waals surface area contributed by atoms with Gasteiger partial charge in [0.2, 0.25) is 11.8 Å². The molecule has 0 aromatic heterocycles. The highest BCUT2D eigenvalue weighted by Crippen LogP contribution is 2.29. The molecule has 2 rings (SSSR count). The minimum atomic E-state index is -0.0438. The number of nitrogens with one attached hydrogen (secondary N) is 1. The highest BCUT2D eigenvalue weighted by Gasteiger charge is 2.24. The number of benzene rings is 1. The number of carbonyl (C=O) groups excluding carboxylic acids is 2. The highest BCUT2D eigenvalue weighted by atomic mass is 16.2. The Balaban J connectivity index is 2.00. The number of nitrogens with zero attached hydrogens (tertiary/aromatic N) is 2. The fraction of sp³-hybridized carbons (Fsp3) is 0.529. The number of hydrogen-bond acceptors (Lipinski definition) is 3. The fourth-order valence-electron chi connectivity index (χ4n) is 2.66. The maximum Gasteiger partial charge on any atom is 0.238 e. The van der Waals surface area contributed by atoms with Crippen LogP contribution in [0.4, 0.5) is 11.4 Å². The van der Waals surface area contributed by atoms with Gasteiger partial charge in [0.15, 0.2) is 0 Å². The second-order valence-corrected chi connectivity index (χ2v) is 5.81. The van der Waals surface area contributed by atoms with Crippen molar-refractivity contribution in [2.45, 2.75) is 32.6 Å². The van der Waals surface area contributed by atoms with Crippen molar-refractivity contribution in [1.29, 1.82) is 0 Å². The summed E-state index contributed by atoms with van der Waals surface area (Å²) in [6.07, 6.45) is 3.66. The van der Waals surface area contributed by atoms with Crippen LogP contribution in [0.1, 0.15) is 32.6 Å². The third-order valence-electron chi connectivity index (χ3n) is 3.85. The Morgan fingerprint density at radius 1 is 1.36 bits per heavy atom. The van der Waals surface area contributed by atoms with E-state index in [9.17, 15) is 9.59 Å². The number of carbonyl (C=O) groups is 2. The molecular formula is C17H25N3O2. The van der Waals surface area contributed by atoms with Crippen molar-refractivity contribution in [3.63, 3.8) is 0 Å². The molecule has 120 valence electrons. The second kappa shape index (κ2) is 7.94. The summed E-state index contributed by atoms with van der Waals surface area (Å²) in [5.41, 5.74) is 1.52. The van der Waals surface area contributed by atoms with E-state index < -0.39 is 0 Å². The first-order valence-electron chi connectivity index (χ1n) is 7.99. The van der Waals surface area contributed by atoms with Crippen LogP contribution < -0.4 is 10.2 Å². The molecule has 0 atom stereocenters. The van der Waals surface area contributed by atoms with Gasteiger partial charge in [0.1, 0.15) is 0 Å². The molecule has 0 bridgehead atoms. The van der Waals surface area contributed by atoms with E-state index >= 15 is 0 Å². The number of anilines is 2. The number of hydrogen-bond donors (Lipinski definition) is 1. The molecule has 1 saturated heterocycles. The van der Waals surface area contributed by atoms with Crippen molar-refractivity contribution < 1.29 is 9.59 Å². The predicted octanol–water partition coefficient (Wildman–Crippen LogP) is 2.48. The molecule has 5 nitrogen and oxygen atoms in total. The van der Waals surface area contributed by atoms with Gasteiger partial charge < -0.3 is 10.2 Å². The molecule has 0 saturated carbocycles. The maximum absolute atomic E-state index is 12.2. The lowest BCUT2D eigenvalue weighted by atomic mass is 10.2. The first-order chi connectivity index (χ1) is 10.6. The second-order valence-electron chi connectivity index (χ2n) is 5.81. The molecule has 1 fully saturated rings. The Kier molecular flexibility index (Phi) is 5.95. The van der Waals surface area contributed by atoms with Gasteiger partial charge in [0.25, 0.3) is 0 Å². The van der Waals surface area contributed by atoms with Crippen LogP contribution in [0, 0.1) is 0 Å². The number of likely N-dealkylation sites (N-methyl/N-ethyl adjacent to an activating group) is 1. The van der Waals surface area contributed by atoms with Gasteiger partial charge in [0.05, 0.1) is 17.9 Å². The Hall–Kier alpha value is -1.88. The smallest absolute Gasteiger partial charge is 0.238 e. The lowest BCUT2D eigenvalue weighted by Gasteiger charge is -2.21. The van der Waals surface area contributed by atoms with E-state index in [1.165, 1.54) is 0 Å². The Bertz CT molecular complexity index is 530. The molecule has 1 aliphatic rings. The Labute approximate surface area is 132 Å². The van der Waals surface area contributed by atoms with Crippen LogP contribution in [0.3, 0.4) is 0 Å². The molecule has 0 spiro atoms. The summed E-state index contributed by atoms with van der Waals surface area (Å²) in [5.74, 6) is 0.0828. The topological polar surface area (TPSA) is 52.7 Å². The van der Waals surface area contributed by atoms with Gasteiger partial charge in [-0.25, -0.2) is 0 Å². The summed E-state index contributed by atoms with van der Waals surface area (Å²) in [5, 5.41) is 2.94. The lowest BCUT2D eigenvalue weighted by molar-refractivity contribution is -0.118. The van der Waals surface area contributed by atoms with Crippen LogP contribution in [0.2, 0.25) is 0 Å². The van der Waals surface area contributed by atoms with Gasteiger partial charge in [-0.05, 0) is 38.6 Å². The standard InChI is InChI=1S/C17H25N3O2/c1-3-4-11-19(2)13-16(21)18-14-8-5-6-9-15(14)20-12-7-10-17(20)22/h5-6,8-9H,3-4,7,10-13H2,1-2H3,(H,18,21). The van der Waals surface area contributed by atoms with Crippen LogP contribution in [0.15, 0.2) is 24.3 Å². The molecule has 1 aromatic carbocycles. The molecule has 22 heavy (non-hydrogen) atoms. The molecular weight excluding hydrogens is 278 g/mol. The molecule has 0 unspecified atom stereocenters. The van der Waals surface area contributed by atoms with Gasteiger partial charge >= 0.3 is 0 Å². The first-order valence-corrected chi connectivity index (χ1v) is 7.99. The zero-order valence-electron chi connectivity index (χ0n) is 13.5. The van der Waals surface area contributed by atoms with Crippen LogP contribution in [-0.2, 0) is 9.59 Å². The Morgan fingerprint density at radius 3 is 2.82 bits per heavy atom. The third-order valence-corrected chi connectivity index (χ3v) is 3.85. The predicted molar refractivity (Wildman–Crippen MR) is 89.1 cm³/mol. The van der Waals surface area contributed by atoms with Crippen molar-refractivity contribution in [3.05, 3.63) is 24.3 Å². The summed E-state index contributed by atoms with van der Waals surface area (Å²) in [6.45, 7) is 4.14. The highest BCUT2D eigenvalue weighted by molar-refractivity contribution is 6.02. The maximum atomic E-state index is 12.2. The molecule has 5 heteroatoms. The van der Waals surface area contributed by atoms with Gasteiger partial charge in [-0.15, -0.1) is 0 Å². The minimum Gasteiger partial charge on any atom is -0.323 e. The number of rotatable bonds is 7. The van der Waals surface area contributed by atoms with Crippen molar-refractivity contribution in [1.82, 2.24) is 4.90 Å². The van der Waals surface area contributed by atoms with Crippen LogP contribution in [0.25, 0.3) is 0 Å². The molecule has 1 aromatic rings. The van der Waals surface area contributed by atoms with E-state index in [0.29, 0.717) is 18.7 Å². The third kappa shape index (κ3) is 4.31. The molecule has 0 aliphatic carbocycles. The normalized spacial score (nSPS) is 14.7. The quantitative estimate of drug-likeness (QED) is 0.842. The zero-order chi connectivity index (χ0) is 15.9. The Morgan fingerprint density at radius 2 is 2.14 bits per heavy atom. The van der Waals surface area contributed by atoms with Gasteiger partial charge in [-0.2, -0.15) is 0 Å². The average Bonchev–Trinajstić information content (AvgIpc) is 2.91.